The minimum atomic E-state index is -3.90. The molecule has 0 atom stereocenters. The molecule has 1 amide bonds. The Labute approximate surface area is 203 Å². The van der Waals surface area contributed by atoms with Gasteiger partial charge in [-0.1, -0.05) is 41.4 Å². The fraction of sp³-hybridized carbons (Fsp3) is 0.0435. The summed E-state index contributed by atoms with van der Waals surface area (Å²) in [7, 11) is -3.90. The van der Waals surface area contributed by atoms with Gasteiger partial charge in [-0.25, -0.2) is 26.6 Å². The van der Waals surface area contributed by atoms with Crippen LogP contribution in [0.3, 0.4) is 0 Å². The molecular weight excluding hydrogens is 507 g/mol. The van der Waals surface area contributed by atoms with Crippen LogP contribution in [0.1, 0.15) is 21.6 Å². The molecule has 34 heavy (non-hydrogen) atoms. The first-order valence-corrected chi connectivity index (χ1v) is 12.3. The lowest BCUT2D eigenvalue weighted by Gasteiger charge is -2.10. The van der Waals surface area contributed by atoms with E-state index in [2.05, 4.69) is 5.10 Å². The van der Waals surface area contributed by atoms with E-state index in [4.69, 9.17) is 23.2 Å². The smallest absolute Gasteiger partial charge is 0.267 e. The van der Waals surface area contributed by atoms with Gasteiger partial charge in [0.2, 0.25) is 10.0 Å². The van der Waals surface area contributed by atoms with E-state index in [0.717, 1.165) is 18.4 Å². The van der Waals surface area contributed by atoms with E-state index in [-0.39, 0.29) is 10.7 Å². The number of carbonyl (C=O) groups is 1. The Balaban J connectivity index is 1.83. The number of halogens is 4. The van der Waals surface area contributed by atoms with Gasteiger partial charge >= 0.3 is 0 Å². The first-order valence-electron chi connectivity index (χ1n) is 9.66. The van der Waals surface area contributed by atoms with Crippen LogP contribution >= 0.6 is 23.2 Å². The highest BCUT2D eigenvalue weighted by Crippen LogP contribution is 2.31. The quantitative estimate of drug-likeness (QED) is 0.377. The number of benzene rings is 3. The van der Waals surface area contributed by atoms with E-state index in [0.29, 0.717) is 27.2 Å². The van der Waals surface area contributed by atoms with Crippen LogP contribution in [-0.2, 0) is 10.0 Å². The van der Waals surface area contributed by atoms with Crippen molar-refractivity contribution < 1.29 is 22.0 Å². The summed E-state index contributed by atoms with van der Waals surface area (Å²) in [6.45, 7) is 0. The van der Waals surface area contributed by atoms with Crippen molar-refractivity contribution in [3.05, 3.63) is 93.1 Å². The lowest BCUT2D eigenvalue weighted by Crippen LogP contribution is -2.30. The maximum absolute atomic E-state index is 14.8. The highest BCUT2D eigenvalue weighted by molar-refractivity contribution is 7.89. The Kier molecular flexibility index (Phi) is 6.44. The number of fused-ring (bicyclic) bond motifs is 1. The molecule has 0 aliphatic heterocycles. The van der Waals surface area contributed by atoms with Crippen molar-refractivity contribution in [3.63, 3.8) is 0 Å². The number of nitrogens with one attached hydrogen (secondary N) is 1. The third-order valence-electron chi connectivity index (χ3n) is 4.78. The minimum absolute atomic E-state index is 0.0518. The van der Waals surface area contributed by atoms with Crippen molar-refractivity contribution in [1.29, 1.82) is 0 Å². The summed E-state index contributed by atoms with van der Waals surface area (Å²) in [6.07, 6.45) is 3.91. The molecule has 0 aliphatic rings. The maximum Gasteiger partial charge on any atom is 0.267 e. The van der Waals surface area contributed by atoms with E-state index >= 15 is 0 Å². The van der Waals surface area contributed by atoms with Crippen molar-refractivity contribution in [2.45, 2.75) is 0 Å². The first kappa shape index (κ1) is 23.9. The Morgan fingerprint density at radius 2 is 1.76 bits per heavy atom. The summed E-state index contributed by atoms with van der Waals surface area (Å²) in [5, 5.41) is 5.45. The molecule has 4 rings (SSSR count). The number of aromatic nitrogens is 2. The van der Waals surface area contributed by atoms with Gasteiger partial charge in [0.05, 0.1) is 33.7 Å². The average Bonchev–Trinajstić information content (AvgIpc) is 3.10. The minimum Gasteiger partial charge on any atom is -0.268 e. The topological polar surface area (TPSA) is 81.1 Å². The summed E-state index contributed by atoms with van der Waals surface area (Å²) in [6, 6.07) is 13.1. The summed E-state index contributed by atoms with van der Waals surface area (Å²) in [5.41, 5.74) is 0.840. The van der Waals surface area contributed by atoms with Gasteiger partial charge in [-0.05, 0) is 42.5 Å². The lowest BCUT2D eigenvalue weighted by molar-refractivity contribution is 0.0978. The van der Waals surface area contributed by atoms with Gasteiger partial charge in [-0.15, -0.1) is 0 Å². The maximum atomic E-state index is 14.8. The van der Waals surface area contributed by atoms with Crippen LogP contribution in [0.5, 0.6) is 0 Å². The number of nitrogens with zero attached hydrogens (tertiary/aromatic N) is 2. The number of carbonyl (C=O) groups excluding carboxylic acids is 1. The predicted octanol–water partition coefficient (Wildman–Crippen LogP) is 5.47. The molecule has 0 fully saturated rings. The molecule has 6 nitrogen and oxygen atoms in total. The number of amides is 1. The second-order valence-electron chi connectivity index (χ2n) is 7.30. The zero-order valence-corrected chi connectivity index (χ0v) is 19.7. The Bertz CT molecular complexity index is 1580. The Morgan fingerprint density at radius 1 is 1.03 bits per heavy atom. The van der Waals surface area contributed by atoms with Gasteiger partial charge in [0.25, 0.3) is 5.91 Å². The van der Waals surface area contributed by atoms with Gasteiger partial charge < -0.3 is 0 Å². The molecule has 0 unspecified atom stereocenters. The van der Waals surface area contributed by atoms with Gasteiger partial charge in [0, 0.05) is 22.0 Å². The van der Waals surface area contributed by atoms with Crippen molar-refractivity contribution >= 4 is 62.2 Å². The monoisotopic (exact) mass is 521 g/mol. The average molecular weight is 522 g/mol. The fourth-order valence-electron chi connectivity index (χ4n) is 3.30. The van der Waals surface area contributed by atoms with Gasteiger partial charge in [-0.2, -0.15) is 5.10 Å². The molecule has 1 aromatic heterocycles. The van der Waals surface area contributed by atoms with Gasteiger partial charge in [0.15, 0.2) is 0 Å². The summed E-state index contributed by atoms with van der Waals surface area (Å²) >= 11 is 12.5. The molecule has 3 aromatic carbocycles. The molecule has 1 heterocycles. The zero-order valence-electron chi connectivity index (χ0n) is 17.4. The van der Waals surface area contributed by atoms with E-state index in [1.807, 2.05) is 0 Å². The molecule has 174 valence electrons. The fourth-order valence-corrected chi connectivity index (χ4v) is 4.16. The zero-order chi connectivity index (χ0) is 24.6. The van der Waals surface area contributed by atoms with E-state index in [9.17, 15) is 22.0 Å². The molecule has 0 saturated heterocycles. The van der Waals surface area contributed by atoms with Crippen LogP contribution in [0.15, 0.2) is 54.6 Å². The number of sulfonamides is 1. The largest absolute Gasteiger partial charge is 0.268 e. The number of hydrogen-bond acceptors (Lipinski definition) is 4. The van der Waals surface area contributed by atoms with Crippen LogP contribution in [0.4, 0.5) is 8.78 Å². The number of hydrogen-bond donors (Lipinski definition) is 1. The normalized spacial score (nSPS) is 11.9. The van der Waals surface area contributed by atoms with Crippen LogP contribution in [0.25, 0.3) is 28.7 Å². The van der Waals surface area contributed by atoms with Crippen LogP contribution in [-0.4, -0.2) is 30.4 Å². The summed E-state index contributed by atoms with van der Waals surface area (Å²) < 4.78 is 54.5. The van der Waals surface area contributed by atoms with Crippen molar-refractivity contribution in [1.82, 2.24) is 14.5 Å². The third kappa shape index (κ3) is 4.96. The molecule has 0 aliphatic carbocycles. The molecule has 0 saturated carbocycles. The van der Waals surface area contributed by atoms with Crippen molar-refractivity contribution in [2.75, 3.05) is 6.26 Å². The highest BCUT2D eigenvalue weighted by atomic mass is 35.5. The number of rotatable bonds is 5. The van der Waals surface area contributed by atoms with Crippen molar-refractivity contribution in [3.8, 4) is 5.69 Å². The van der Waals surface area contributed by atoms with Crippen LogP contribution in [0, 0.1) is 11.6 Å². The molecule has 1 N–H and O–H groups in total. The molecule has 4 aromatic rings. The van der Waals surface area contributed by atoms with E-state index < -0.39 is 33.1 Å². The second kappa shape index (κ2) is 9.17. The van der Waals surface area contributed by atoms with Gasteiger partial charge in [0.1, 0.15) is 11.6 Å². The van der Waals surface area contributed by atoms with Crippen LogP contribution in [0.2, 0.25) is 10.0 Å². The summed E-state index contributed by atoms with van der Waals surface area (Å²) in [5.74, 6) is -2.56. The molecule has 11 heteroatoms. The van der Waals surface area contributed by atoms with E-state index in [1.54, 1.807) is 53.3 Å². The van der Waals surface area contributed by atoms with Gasteiger partial charge in [-0.3, -0.25) is 4.79 Å². The molecule has 0 spiro atoms. The van der Waals surface area contributed by atoms with E-state index in [1.165, 1.54) is 10.7 Å². The second-order valence-corrected chi connectivity index (χ2v) is 9.89. The standard InChI is InChI=1S/C23H15Cl2F2N3O3S/c1-34(32,33)29-23(31)15-11-17(25)22(12-19(15)27)30-21-9-7-14(24)10-16(21)20(28-30)8-6-13-4-2-3-5-18(13)26/h2-12H,1H3,(H,29,31)/b8-6+. The van der Waals surface area contributed by atoms with Crippen molar-refractivity contribution in [2.24, 2.45) is 0 Å². The molecule has 0 bridgehead atoms. The Morgan fingerprint density at radius 3 is 2.47 bits per heavy atom. The van der Waals surface area contributed by atoms with Crippen LogP contribution < -0.4 is 4.72 Å². The highest BCUT2D eigenvalue weighted by Gasteiger charge is 2.21. The lowest BCUT2D eigenvalue weighted by atomic mass is 10.1. The Hall–Kier alpha value is -3.27. The predicted molar refractivity (Wildman–Crippen MR) is 129 cm³/mol. The molecule has 0 radical (unpaired) electrons. The third-order valence-corrected chi connectivity index (χ3v) is 5.88. The SMILES string of the molecule is CS(=O)(=O)NC(=O)c1cc(Cl)c(-n2nc(/C=C/c3ccccc3F)c3cc(Cl)ccc32)cc1F. The first-order chi connectivity index (χ1) is 16.0. The molecular formula is C23H15Cl2F2N3O3S. The summed E-state index contributed by atoms with van der Waals surface area (Å²) in [4.78, 5) is 12.1.